The molecule has 7 heteroatoms. The van der Waals surface area contributed by atoms with Gasteiger partial charge in [0.2, 0.25) is 0 Å². The Bertz CT molecular complexity index is 737. The average Bonchev–Trinajstić information content (AvgIpc) is 3.27. The maximum absolute atomic E-state index is 11.8. The first-order valence-electron chi connectivity index (χ1n) is 8.72. The molecule has 0 aliphatic heterocycles. The molecule has 0 saturated heterocycles. The number of carbonyl (C=O) groups is 3. The summed E-state index contributed by atoms with van der Waals surface area (Å²) in [5.74, 6) is -1.31. The summed E-state index contributed by atoms with van der Waals surface area (Å²) in [4.78, 5) is 35.0. The maximum atomic E-state index is 11.8. The van der Waals surface area contributed by atoms with Gasteiger partial charge in [-0.25, -0.2) is 9.59 Å². The highest BCUT2D eigenvalue weighted by Crippen LogP contribution is 2.38. The number of aromatic nitrogens is 1. The molecule has 0 aromatic carbocycles. The van der Waals surface area contributed by atoms with Crippen LogP contribution in [0.5, 0.6) is 0 Å². The number of aryl methyl sites for hydroxylation is 1. The van der Waals surface area contributed by atoms with Gasteiger partial charge in [-0.05, 0) is 65.2 Å². The fourth-order valence-electron chi connectivity index (χ4n) is 2.74. The van der Waals surface area contributed by atoms with E-state index in [1.807, 2.05) is 19.9 Å². The minimum Gasteiger partial charge on any atom is -0.452 e. The molecule has 3 amide bonds. The number of urea groups is 1. The van der Waals surface area contributed by atoms with Crippen LogP contribution < -0.4 is 10.6 Å². The van der Waals surface area contributed by atoms with Crippen molar-refractivity contribution in [3.05, 3.63) is 29.1 Å². The van der Waals surface area contributed by atoms with Gasteiger partial charge in [-0.3, -0.25) is 10.1 Å². The Morgan fingerprint density at radius 2 is 1.92 bits per heavy atom. The van der Waals surface area contributed by atoms with E-state index in [4.69, 9.17) is 4.74 Å². The Hall–Kier alpha value is -2.57. The van der Waals surface area contributed by atoms with Crippen molar-refractivity contribution in [3.63, 3.8) is 0 Å². The van der Waals surface area contributed by atoms with Crippen molar-refractivity contribution in [2.45, 2.75) is 59.0 Å². The Balaban J connectivity index is 1.81. The molecule has 1 heterocycles. The lowest BCUT2D eigenvalue weighted by Crippen LogP contribution is -2.49. The maximum Gasteiger partial charge on any atom is 0.331 e. The number of hydrogen-bond acceptors (Lipinski definition) is 4. The average molecular weight is 361 g/mol. The summed E-state index contributed by atoms with van der Waals surface area (Å²) in [5.41, 5.74) is 2.78. The van der Waals surface area contributed by atoms with Crippen molar-refractivity contribution in [2.24, 2.45) is 0 Å². The zero-order valence-corrected chi connectivity index (χ0v) is 16.0. The van der Waals surface area contributed by atoms with Crippen molar-refractivity contribution in [3.8, 4) is 0 Å². The summed E-state index contributed by atoms with van der Waals surface area (Å²) in [6.07, 6.45) is 5.37. The predicted molar refractivity (Wildman–Crippen MR) is 98.6 cm³/mol. The Kier molecular flexibility index (Phi) is 5.90. The molecule has 2 rings (SSSR count). The van der Waals surface area contributed by atoms with Gasteiger partial charge in [0.25, 0.3) is 5.91 Å². The van der Waals surface area contributed by atoms with Crippen LogP contribution in [0.1, 0.15) is 56.6 Å². The molecule has 7 nitrogen and oxygen atoms in total. The van der Waals surface area contributed by atoms with Gasteiger partial charge < -0.3 is 14.6 Å². The molecule has 0 atom stereocenters. The van der Waals surface area contributed by atoms with Crippen LogP contribution in [0.2, 0.25) is 0 Å². The van der Waals surface area contributed by atoms with Crippen LogP contribution in [0.15, 0.2) is 12.1 Å². The monoisotopic (exact) mass is 361 g/mol. The molecule has 0 spiro atoms. The normalized spacial score (nSPS) is 14.3. The molecule has 26 heavy (non-hydrogen) atoms. The van der Waals surface area contributed by atoms with Crippen LogP contribution in [-0.4, -0.2) is 34.6 Å². The van der Waals surface area contributed by atoms with Crippen molar-refractivity contribution >= 4 is 24.0 Å². The summed E-state index contributed by atoms with van der Waals surface area (Å²) < 4.78 is 7.15. The molecule has 1 aromatic rings. The van der Waals surface area contributed by atoms with E-state index < -0.39 is 30.1 Å². The highest BCUT2D eigenvalue weighted by Gasteiger charge is 2.26. The summed E-state index contributed by atoms with van der Waals surface area (Å²) in [6, 6.07) is 1.98. The number of ether oxygens (including phenoxy) is 1. The zero-order chi connectivity index (χ0) is 19.5. The van der Waals surface area contributed by atoms with E-state index in [0.29, 0.717) is 6.04 Å². The highest BCUT2D eigenvalue weighted by atomic mass is 16.5. The Morgan fingerprint density at radius 1 is 1.27 bits per heavy atom. The fraction of sp³-hybridized carbons (Fsp3) is 0.526. The van der Waals surface area contributed by atoms with Gasteiger partial charge in [-0.2, -0.15) is 0 Å². The van der Waals surface area contributed by atoms with Crippen molar-refractivity contribution < 1.29 is 19.1 Å². The molecule has 1 aromatic heterocycles. The standard InChI is InChI=1S/C19H27N3O4/c1-12-10-14(13(2)22(12)15-7-8-15)6-9-17(24)26-11-16(23)20-18(25)21-19(3,4)5/h6,9-10,15H,7-8,11H2,1-5H3,(H2,20,21,23,25)/b9-6+. The van der Waals surface area contributed by atoms with Gasteiger partial charge in [-0.15, -0.1) is 0 Å². The van der Waals surface area contributed by atoms with E-state index >= 15 is 0 Å². The smallest absolute Gasteiger partial charge is 0.331 e. The lowest BCUT2D eigenvalue weighted by molar-refractivity contribution is -0.143. The molecule has 1 aliphatic carbocycles. The van der Waals surface area contributed by atoms with E-state index in [-0.39, 0.29) is 0 Å². The van der Waals surface area contributed by atoms with Crippen molar-refractivity contribution in [1.82, 2.24) is 15.2 Å². The summed E-state index contributed by atoms with van der Waals surface area (Å²) in [5, 5.41) is 4.70. The second-order valence-electron chi connectivity index (χ2n) is 7.62. The summed E-state index contributed by atoms with van der Waals surface area (Å²) >= 11 is 0. The number of nitrogens with zero attached hydrogens (tertiary/aromatic N) is 1. The van der Waals surface area contributed by atoms with E-state index in [2.05, 4.69) is 15.2 Å². The molecule has 1 saturated carbocycles. The second kappa shape index (κ2) is 7.76. The van der Waals surface area contributed by atoms with Crippen LogP contribution in [0.25, 0.3) is 6.08 Å². The Labute approximate surface area is 153 Å². The minimum atomic E-state index is -0.680. The molecule has 142 valence electrons. The van der Waals surface area contributed by atoms with Gasteiger partial charge in [0, 0.05) is 29.0 Å². The van der Waals surface area contributed by atoms with Gasteiger partial charge in [0.05, 0.1) is 0 Å². The Morgan fingerprint density at radius 3 is 2.50 bits per heavy atom. The highest BCUT2D eigenvalue weighted by molar-refractivity contribution is 5.96. The first-order valence-corrected chi connectivity index (χ1v) is 8.72. The quantitative estimate of drug-likeness (QED) is 0.623. The van der Waals surface area contributed by atoms with Crippen LogP contribution in [-0.2, 0) is 14.3 Å². The van der Waals surface area contributed by atoms with Gasteiger partial charge >= 0.3 is 12.0 Å². The molecule has 0 bridgehead atoms. The molecule has 0 unspecified atom stereocenters. The van der Waals surface area contributed by atoms with E-state index in [1.165, 1.54) is 24.6 Å². The fourth-order valence-corrected chi connectivity index (χ4v) is 2.74. The molecule has 2 N–H and O–H groups in total. The first-order chi connectivity index (χ1) is 12.1. The van der Waals surface area contributed by atoms with E-state index in [9.17, 15) is 14.4 Å². The number of carbonyl (C=O) groups excluding carboxylic acids is 3. The molecule has 1 fully saturated rings. The largest absolute Gasteiger partial charge is 0.452 e. The van der Waals surface area contributed by atoms with Gasteiger partial charge in [0.1, 0.15) is 0 Å². The third-order valence-corrected chi connectivity index (χ3v) is 3.92. The lowest BCUT2D eigenvalue weighted by Gasteiger charge is -2.20. The predicted octanol–water partition coefficient (Wildman–Crippen LogP) is 2.62. The molecular formula is C19H27N3O4. The second-order valence-corrected chi connectivity index (χ2v) is 7.62. The van der Waals surface area contributed by atoms with Crippen molar-refractivity contribution in [1.29, 1.82) is 0 Å². The third kappa shape index (κ3) is 5.75. The van der Waals surface area contributed by atoms with Crippen molar-refractivity contribution in [2.75, 3.05) is 6.61 Å². The number of hydrogen-bond donors (Lipinski definition) is 2. The first kappa shape index (κ1) is 19.8. The SMILES string of the molecule is Cc1cc(/C=C/C(=O)OCC(=O)NC(=O)NC(C)(C)C)c(C)n1C1CC1. The number of esters is 1. The molecule has 1 aliphatic rings. The number of imide groups is 1. The van der Waals surface area contributed by atoms with E-state index in [1.54, 1.807) is 26.8 Å². The zero-order valence-electron chi connectivity index (χ0n) is 16.0. The third-order valence-electron chi connectivity index (χ3n) is 3.92. The number of rotatable bonds is 5. The van der Waals surface area contributed by atoms with Crippen LogP contribution in [0, 0.1) is 13.8 Å². The van der Waals surface area contributed by atoms with Crippen LogP contribution in [0.3, 0.4) is 0 Å². The van der Waals surface area contributed by atoms with E-state index in [0.717, 1.165) is 11.3 Å². The lowest BCUT2D eigenvalue weighted by atomic mass is 10.1. The number of nitrogens with one attached hydrogen (secondary N) is 2. The summed E-state index contributed by atoms with van der Waals surface area (Å²) in [7, 11) is 0. The topological polar surface area (TPSA) is 89.4 Å². The summed E-state index contributed by atoms with van der Waals surface area (Å²) in [6.45, 7) is 8.94. The van der Waals surface area contributed by atoms with Gasteiger partial charge in [-0.1, -0.05) is 0 Å². The molecule has 0 radical (unpaired) electrons. The van der Waals surface area contributed by atoms with Crippen LogP contribution >= 0.6 is 0 Å². The van der Waals surface area contributed by atoms with Crippen LogP contribution in [0.4, 0.5) is 4.79 Å². The molecular weight excluding hydrogens is 334 g/mol. The van der Waals surface area contributed by atoms with Gasteiger partial charge in [0.15, 0.2) is 6.61 Å². The minimum absolute atomic E-state index is 0.462. The number of amides is 3.